The molecule has 1 aromatic heterocycles. The SMILES string of the molecule is CC[C@@H](C)NC(=O)c1ccc(Oc2ccc(NS(=O)(=O)c3cc(C)ccc3C)cc2)nc1. The first-order valence-electron chi connectivity index (χ1n) is 10.3. The number of carbonyl (C=O) groups is 1. The predicted octanol–water partition coefficient (Wildman–Crippen LogP) is 4.82. The highest BCUT2D eigenvalue weighted by molar-refractivity contribution is 7.92. The van der Waals surface area contributed by atoms with Crippen LogP contribution in [0.3, 0.4) is 0 Å². The van der Waals surface area contributed by atoms with Gasteiger partial charge in [0.2, 0.25) is 5.88 Å². The summed E-state index contributed by atoms with van der Waals surface area (Å²) < 4.78 is 33.8. The molecule has 1 heterocycles. The van der Waals surface area contributed by atoms with Gasteiger partial charge < -0.3 is 10.1 Å². The fourth-order valence-electron chi connectivity index (χ4n) is 2.90. The molecule has 0 spiro atoms. The van der Waals surface area contributed by atoms with E-state index >= 15 is 0 Å². The maximum absolute atomic E-state index is 12.7. The molecule has 0 bridgehead atoms. The minimum atomic E-state index is -3.70. The summed E-state index contributed by atoms with van der Waals surface area (Å²) in [5.74, 6) is 0.636. The molecule has 168 valence electrons. The summed E-state index contributed by atoms with van der Waals surface area (Å²) >= 11 is 0. The Kier molecular flexibility index (Phi) is 7.15. The van der Waals surface area contributed by atoms with Crippen LogP contribution in [0.1, 0.15) is 41.8 Å². The molecule has 2 N–H and O–H groups in total. The maximum atomic E-state index is 12.7. The van der Waals surface area contributed by atoms with Crippen molar-refractivity contribution in [3.05, 3.63) is 77.5 Å². The number of aryl methyl sites for hydroxylation is 2. The van der Waals surface area contributed by atoms with E-state index in [1.807, 2.05) is 26.8 Å². The van der Waals surface area contributed by atoms with Gasteiger partial charge in [-0.1, -0.05) is 19.1 Å². The highest BCUT2D eigenvalue weighted by Crippen LogP contribution is 2.24. The van der Waals surface area contributed by atoms with Crippen molar-refractivity contribution in [1.29, 1.82) is 0 Å². The molecule has 8 heteroatoms. The number of pyridine rings is 1. The number of carbonyl (C=O) groups excluding carboxylic acids is 1. The Labute approximate surface area is 188 Å². The van der Waals surface area contributed by atoms with E-state index < -0.39 is 10.0 Å². The van der Waals surface area contributed by atoms with Gasteiger partial charge in [0.15, 0.2) is 0 Å². The van der Waals surface area contributed by atoms with Gasteiger partial charge in [0.1, 0.15) is 5.75 Å². The highest BCUT2D eigenvalue weighted by atomic mass is 32.2. The summed E-state index contributed by atoms with van der Waals surface area (Å²) in [7, 11) is -3.70. The predicted molar refractivity (Wildman–Crippen MR) is 125 cm³/mol. The van der Waals surface area contributed by atoms with Crippen molar-refractivity contribution in [3.63, 3.8) is 0 Å². The van der Waals surface area contributed by atoms with Gasteiger partial charge in [-0.2, -0.15) is 0 Å². The lowest BCUT2D eigenvalue weighted by molar-refractivity contribution is 0.0939. The Morgan fingerprint density at radius 3 is 2.41 bits per heavy atom. The number of amides is 1. The third-order valence-electron chi connectivity index (χ3n) is 4.95. The second-order valence-corrected chi connectivity index (χ2v) is 9.32. The quantitative estimate of drug-likeness (QED) is 0.510. The number of rotatable bonds is 8. The molecule has 0 radical (unpaired) electrons. The molecule has 3 rings (SSSR count). The zero-order valence-electron chi connectivity index (χ0n) is 18.5. The zero-order chi connectivity index (χ0) is 23.3. The molecular weight excluding hydrogens is 426 g/mol. The fraction of sp³-hybridized carbons (Fsp3) is 0.250. The molecule has 0 saturated heterocycles. The minimum Gasteiger partial charge on any atom is -0.439 e. The third-order valence-corrected chi connectivity index (χ3v) is 6.47. The Morgan fingerprint density at radius 2 is 1.78 bits per heavy atom. The first kappa shape index (κ1) is 23.3. The molecule has 0 unspecified atom stereocenters. The second kappa shape index (κ2) is 9.82. The fourth-order valence-corrected chi connectivity index (χ4v) is 4.29. The van der Waals surface area contributed by atoms with Crippen LogP contribution in [0.2, 0.25) is 0 Å². The van der Waals surface area contributed by atoms with Crippen LogP contribution >= 0.6 is 0 Å². The van der Waals surface area contributed by atoms with Crippen LogP contribution in [0, 0.1) is 13.8 Å². The van der Waals surface area contributed by atoms with Crippen molar-refractivity contribution in [3.8, 4) is 11.6 Å². The monoisotopic (exact) mass is 453 g/mol. The first-order valence-corrected chi connectivity index (χ1v) is 11.8. The van der Waals surface area contributed by atoms with Gasteiger partial charge in [-0.15, -0.1) is 0 Å². The smallest absolute Gasteiger partial charge is 0.262 e. The molecule has 0 aliphatic rings. The van der Waals surface area contributed by atoms with E-state index in [-0.39, 0.29) is 16.8 Å². The molecular formula is C24H27N3O4S. The van der Waals surface area contributed by atoms with Gasteiger partial charge in [-0.05, 0) is 74.7 Å². The van der Waals surface area contributed by atoms with E-state index in [1.165, 1.54) is 6.20 Å². The van der Waals surface area contributed by atoms with Crippen molar-refractivity contribution in [2.45, 2.75) is 45.1 Å². The molecule has 0 aliphatic heterocycles. The number of sulfonamides is 1. The Balaban J connectivity index is 1.66. The summed E-state index contributed by atoms with van der Waals surface area (Å²) in [6.45, 7) is 7.55. The number of nitrogens with one attached hydrogen (secondary N) is 2. The number of hydrogen-bond acceptors (Lipinski definition) is 5. The number of anilines is 1. The number of hydrogen-bond donors (Lipinski definition) is 2. The van der Waals surface area contributed by atoms with E-state index in [4.69, 9.17) is 4.74 Å². The summed E-state index contributed by atoms with van der Waals surface area (Å²) in [6, 6.07) is 15.2. The van der Waals surface area contributed by atoms with Gasteiger partial charge in [-0.3, -0.25) is 9.52 Å². The lowest BCUT2D eigenvalue weighted by Gasteiger charge is -2.12. The number of benzene rings is 2. The molecule has 0 fully saturated rings. The molecule has 0 saturated carbocycles. The van der Waals surface area contributed by atoms with Gasteiger partial charge in [0.05, 0.1) is 10.5 Å². The largest absolute Gasteiger partial charge is 0.439 e. The van der Waals surface area contributed by atoms with Crippen molar-refractivity contribution in [2.24, 2.45) is 0 Å². The van der Waals surface area contributed by atoms with Crippen LogP contribution in [-0.4, -0.2) is 25.4 Å². The Bertz CT molecular complexity index is 1190. The number of ether oxygens (including phenoxy) is 1. The van der Waals surface area contributed by atoms with Gasteiger partial charge in [-0.25, -0.2) is 13.4 Å². The lowest BCUT2D eigenvalue weighted by atomic mass is 10.2. The topological polar surface area (TPSA) is 97.4 Å². The van der Waals surface area contributed by atoms with E-state index in [9.17, 15) is 13.2 Å². The Hall–Kier alpha value is -3.39. The zero-order valence-corrected chi connectivity index (χ0v) is 19.4. The van der Waals surface area contributed by atoms with E-state index in [0.717, 1.165) is 12.0 Å². The van der Waals surface area contributed by atoms with Crippen LogP contribution in [0.4, 0.5) is 5.69 Å². The van der Waals surface area contributed by atoms with Crippen LogP contribution in [0.15, 0.2) is 65.7 Å². The normalized spacial score (nSPS) is 12.1. The van der Waals surface area contributed by atoms with Crippen molar-refractivity contribution in [1.82, 2.24) is 10.3 Å². The summed E-state index contributed by atoms with van der Waals surface area (Å²) in [5, 5.41) is 2.88. The molecule has 0 aliphatic carbocycles. The third kappa shape index (κ3) is 5.85. The Morgan fingerprint density at radius 1 is 1.06 bits per heavy atom. The van der Waals surface area contributed by atoms with Gasteiger partial charge >= 0.3 is 0 Å². The lowest BCUT2D eigenvalue weighted by Crippen LogP contribution is -2.31. The average Bonchev–Trinajstić information content (AvgIpc) is 2.77. The molecule has 7 nitrogen and oxygen atoms in total. The molecule has 3 aromatic rings. The highest BCUT2D eigenvalue weighted by Gasteiger charge is 2.17. The summed E-state index contributed by atoms with van der Waals surface area (Å²) in [6.07, 6.45) is 2.30. The maximum Gasteiger partial charge on any atom is 0.262 e. The molecule has 1 atom stereocenters. The standard InChI is InChI=1S/C24H27N3O4S/c1-5-18(4)26-24(28)19-8-13-23(25-15-19)31-21-11-9-20(10-12-21)27-32(29,30)22-14-16(2)6-7-17(22)3/h6-15,18,27H,5H2,1-4H3,(H,26,28)/t18-/m1/s1. The van der Waals surface area contributed by atoms with Crippen LogP contribution in [0.25, 0.3) is 0 Å². The molecule has 2 aromatic carbocycles. The molecule has 1 amide bonds. The second-order valence-electron chi connectivity index (χ2n) is 7.67. The van der Waals surface area contributed by atoms with E-state index in [0.29, 0.717) is 28.4 Å². The van der Waals surface area contributed by atoms with Crippen molar-refractivity contribution in [2.75, 3.05) is 4.72 Å². The minimum absolute atomic E-state index is 0.0872. The average molecular weight is 454 g/mol. The van der Waals surface area contributed by atoms with E-state index in [1.54, 1.807) is 55.5 Å². The number of aromatic nitrogens is 1. The van der Waals surface area contributed by atoms with Crippen molar-refractivity contribution >= 4 is 21.6 Å². The number of nitrogens with zero attached hydrogens (tertiary/aromatic N) is 1. The summed E-state index contributed by atoms with van der Waals surface area (Å²) in [4.78, 5) is 16.6. The van der Waals surface area contributed by atoms with Gasteiger partial charge in [0.25, 0.3) is 15.9 Å². The van der Waals surface area contributed by atoms with Crippen LogP contribution in [-0.2, 0) is 10.0 Å². The first-order chi connectivity index (χ1) is 15.2. The van der Waals surface area contributed by atoms with Crippen molar-refractivity contribution < 1.29 is 17.9 Å². The summed E-state index contributed by atoms with van der Waals surface area (Å²) in [5.41, 5.74) is 2.42. The molecule has 32 heavy (non-hydrogen) atoms. The van der Waals surface area contributed by atoms with Crippen LogP contribution in [0.5, 0.6) is 11.6 Å². The van der Waals surface area contributed by atoms with E-state index in [2.05, 4.69) is 15.0 Å². The van der Waals surface area contributed by atoms with Gasteiger partial charge in [0, 0.05) is 24.0 Å². The van der Waals surface area contributed by atoms with Crippen LogP contribution < -0.4 is 14.8 Å².